The maximum Gasteiger partial charge on any atom is 0.358 e. The molecule has 1 aromatic heterocycles. The van der Waals surface area contributed by atoms with Crippen molar-refractivity contribution in [3.05, 3.63) is 11.4 Å². The number of amides is 1. The molecule has 0 unspecified atom stereocenters. The summed E-state index contributed by atoms with van der Waals surface area (Å²) in [5.41, 5.74) is 0.574. The lowest BCUT2D eigenvalue weighted by molar-refractivity contribution is -0.121. The second kappa shape index (κ2) is 6.49. The van der Waals surface area contributed by atoms with Crippen molar-refractivity contribution in [3.63, 3.8) is 0 Å². The third kappa shape index (κ3) is 3.15. The van der Waals surface area contributed by atoms with E-state index in [1.807, 2.05) is 0 Å². The molecule has 0 aliphatic heterocycles. The summed E-state index contributed by atoms with van der Waals surface area (Å²) >= 11 is 0. The van der Waals surface area contributed by atoms with Gasteiger partial charge in [-0.3, -0.25) is 4.79 Å². The molecule has 2 N–H and O–H groups in total. The zero-order chi connectivity index (χ0) is 14.5. The zero-order valence-corrected chi connectivity index (χ0v) is 11.6. The molecule has 1 amide bonds. The molecule has 7 heteroatoms. The Hall–Kier alpha value is -1.92. The second-order valence-corrected chi connectivity index (χ2v) is 5.12. The Kier molecular flexibility index (Phi) is 4.70. The predicted molar refractivity (Wildman–Crippen MR) is 71.5 cm³/mol. The number of carbonyl (C=O) groups excluding carboxylic acids is 1. The van der Waals surface area contributed by atoms with E-state index in [4.69, 9.17) is 5.11 Å². The van der Waals surface area contributed by atoms with Gasteiger partial charge in [0.05, 0.1) is 5.69 Å². The van der Waals surface area contributed by atoms with Gasteiger partial charge in [0.1, 0.15) is 6.54 Å². The molecule has 1 aromatic rings. The minimum Gasteiger partial charge on any atom is -0.476 e. The van der Waals surface area contributed by atoms with Crippen molar-refractivity contribution in [2.75, 3.05) is 6.54 Å². The summed E-state index contributed by atoms with van der Waals surface area (Å²) in [6, 6.07) is 0. The third-order valence-electron chi connectivity index (χ3n) is 3.61. The highest BCUT2D eigenvalue weighted by Gasteiger charge is 2.30. The van der Waals surface area contributed by atoms with Crippen LogP contribution in [0.2, 0.25) is 0 Å². The maximum absolute atomic E-state index is 11.8. The molecule has 0 atom stereocenters. The van der Waals surface area contributed by atoms with Gasteiger partial charge in [-0.15, -0.1) is 5.10 Å². The number of aromatic carboxylic acids is 1. The molecule has 0 radical (unpaired) electrons. The number of nitrogens with zero attached hydrogens (tertiary/aromatic N) is 3. The van der Waals surface area contributed by atoms with Crippen molar-refractivity contribution >= 4 is 11.9 Å². The third-order valence-corrected chi connectivity index (χ3v) is 3.61. The van der Waals surface area contributed by atoms with E-state index in [1.54, 1.807) is 0 Å². The molecule has 1 heterocycles. The molecule has 1 saturated carbocycles. The molecule has 7 nitrogen and oxygen atoms in total. The standard InChI is InChI=1S/C13H20N4O3/c1-2-3-7-14-10(18)8-17-12(9-5-4-6-9)11(13(19)20)15-16-17/h9H,2-8H2,1H3,(H,14,18)(H,19,20). The van der Waals surface area contributed by atoms with Gasteiger partial charge in [0, 0.05) is 12.5 Å². The van der Waals surface area contributed by atoms with Crippen molar-refractivity contribution in [3.8, 4) is 0 Å². The Labute approximate surface area is 117 Å². The first-order chi connectivity index (χ1) is 9.63. The normalized spacial score (nSPS) is 14.8. The SMILES string of the molecule is CCCCNC(=O)Cn1nnc(C(=O)O)c1C1CCC1. The molecule has 1 aliphatic carbocycles. The van der Waals surface area contributed by atoms with Gasteiger partial charge in [-0.05, 0) is 19.3 Å². The fourth-order valence-corrected chi connectivity index (χ4v) is 2.27. The highest BCUT2D eigenvalue weighted by molar-refractivity contribution is 5.87. The summed E-state index contributed by atoms with van der Waals surface area (Å²) in [4.78, 5) is 23.0. The van der Waals surface area contributed by atoms with Crippen LogP contribution in [0.1, 0.15) is 61.1 Å². The van der Waals surface area contributed by atoms with Crippen molar-refractivity contribution in [2.24, 2.45) is 0 Å². The highest BCUT2D eigenvalue weighted by Crippen LogP contribution is 2.37. The minimum atomic E-state index is -1.08. The lowest BCUT2D eigenvalue weighted by Crippen LogP contribution is -2.30. The van der Waals surface area contributed by atoms with E-state index < -0.39 is 5.97 Å². The lowest BCUT2D eigenvalue weighted by Gasteiger charge is -2.25. The first kappa shape index (κ1) is 14.5. The van der Waals surface area contributed by atoms with E-state index in [1.165, 1.54) is 4.68 Å². The van der Waals surface area contributed by atoms with Crippen molar-refractivity contribution in [1.82, 2.24) is 20.3 Å². The number of carboxylic acid groups (broad SMARTS) is 1. The Morgan fingerprint density at radius 3 is 2.75 bits per heavy atom. The van der Waals surface area contributed by atoms with Crippen LogP contribution in [0.15, 0.2) is 0 Å². The number of carboxylic acids is 1. The van der Waals surface area contributed by atoms with Gasteiger partial charge in [-0.1, -0.05) is 25.0 Å². The molecule has 0 bridgehead atoms. The summed E-state index contributed by atoms with van der Waals surface area (Å²) < 4.78 is 1.44. The van der Waals surface area contributed by atoms with Crippen LogP contribution in [-0.2, 0) is 11.3 Å². The molecule has 0 aromatic carbocycles. The van der Waals surface area contributed by atoms with Crippen LogP contribution in [0.5, 0.6) is 0 Å². The van der Waals surface area contributed by atoms with E-state index in [0.717, 1.165) is 32.1 Å². The van der Waals surface area contributed by atoms with Crippen LogP contribution < -0.4 is 5.32 Å². The number of unbranched alkanes of at least 4 members (excludes halogenated alkanes) is 1. The van der Waals surface area contributed by atoms with Crippen molar-refractivity contribution in [2.45, 2.75) is 51.5 Å². The number of aromatic nitrogens is 3. The van der Waals surface area contributed by atoms with E-state index in [2.05, 4.69) is 22.6 Å². The molecule has 0 spiro atoms. The average molecular weight is 280 g/mol. The van der Waals surface area contributed by atoms with Crippen molar-refractivity contribution in [1.29, 1.82) is 0 Å². The number of nitrogens with one attached hydrogen (secondary N) is 1. The summed E-state index contributed by atoms with van der Waals surface area (Å²) in [6.45, 7) is 2.72. The fraction of sp³-hybridized carbons (Fsp3) is 0.692. The Morgan fingerprint density at radius 2 is 2.20 bits per heavy atom. The number of rotatable bonds is 7. The Balaban J connectivity index is 2.07. The van der Waals surface area contributed by atoms with Gasteiger partial charge in [-0.2, -0.15) is 0 Å². The van der Waals surface area contributed by atoms with Crippen LogP contribution in [0, 0.1) is 0 Å². The van der Waals surface area contributed by atoms with Gasteiger partial charge in [-0.25, -0.2) is 9.48 Å². The number of carbonyl (C=O) groups is 2. The van der Waals surface area contributed by atoms with E-state index >= 15 is 0 Å². The number of hydrogen-bond donors (Lipinski definition) is 2. The maximum atomic E-state index is 11.8. The van der Waals surface area contributed by atoms with Gasteiger partial charge in [0.15, 0.2) is 5.69 Å². The summed E-state index contributed by atoms with van der Waals surface area (Å²) in [7, 11) is 0. The van der Waals surface area contributed by atoms with Gasteiger partial charge in [0.2, 0.25) is 5.91 Å². The Bertz CT molecular complexity index is 494. The molecule has 1 fully saturated rings. The molecular weight excluding hydrogens is 260 g/mol. The quantitative estimate of drug-likeness (QED) is 0.730. The molecule has 0 saturated heterocycles. The van der Waals surface area contributed by atoms with E-state index in [9.17, 15) is 9.59 Å². The molecule has 1 aliphatic rings. The Morgan fingerprint density at radius 1 is 1.45 bits per heavy atom. The van der Waals surface area contributed by atoms with Crippen LogP contribution in [0.3, 0.4) is 0 Å². The largest absolute Gasteiger partial charge is 0.476 e. The van der Waals surface area contributed by atoms with Gasteiger partial charge >= 0.3 is 5.97 Å². The average Bonchev–Trinajstić information content (AvgIpc) is 2.71. The predicted octanol–water partition coefficient (Wildman–Crippen LogP) is 1.16. The minimum absolute atomic E-state index is 0.0175. The van der Waals surface area contributed by atoms with E-state index in [0.29, 0.717) is 12.2 Å². The van der Waals surface area contributed by atoms with Gasteiger partial charge < -0.3 is 10.4 Å². The molecular formula is C13H20N4O3. The summed E-state index contributed by atoms with van der Waals surface area (Å²) in [5, 5.41) is 19.5. The second-order valence-electron chi connectivity index (χ2n) is 5.12. The van der Waals surface area contributed by atoms with Crippen LogP contribution in [0.25, 0.3) is 0 Å². The van der Waals surface area contributed by atoms with Crippen molar-refractivity contribution < 1.29 is 14.7 Å². The number of hydrogen-bond acceptors (Lipinski definition) is 4. The van der Waals surface area contributed by atoms with Gasteiger partial charge in [0.25, 0.3) is 0 Å². The summed E-state index contributed by atoms with van der Waals surface area (Å²) in [6.07, 6.45) is 4.90. The monoisotopic (exact) mass is 280 g/mol. The lowest BCUT2D eigenvalue weighted by atomic mass is 9.82. The topological polar surface area (TPSA) is 97.1 Å². The first-order valence-corrected chi connectivity index (χ1v) is 7.06. The van der Waals surface area contributed by atoms with Crippen LogP contribution in [0.4, 0.5) is 0 Å². The zero-order valence-electron chi connectivity index (χ0n) is 11.6. The summed E-state index contributed by atoms with van der Waals surface area (Å²) in [5.74, 6) is -1.06. The smallest absolute Gasteiger partial charge is 0.358 e. The fourth-order valence-electron chi connectivity index (χ4n) is 2.27. The molecule has 20 heavy (non-hydrogen) atoms. The van der Waals surface area contributed by atoms with Crippen LogP contribution >= 0.6 is 0 Å². The molecule has 110 valence electrons. The van der Waals surface area contributed by atoms with E-state index in [-0.39, 0.29) is 24.1 Å². The van der Waals surface area contributed by atoms with Crippen LogP contribution in [-0.4, -0.2) is 38.5 Å². The highest BCUT2D eigenvalue weighted by atomic mass is 16.4. The first-order valence-electron chi connectivity index (χ1n) is 7.06. The molecule has 2 rings (SSSR count).